The Balaban J connectivity index is 3.64. The van der Waals surface area contributed by atoms with Crippen LogP contribution in [0.1, 0.15) is 92.4 Å². The van der Waals surface area contributed by atoms with Gasteiger partial charge in [-0.3, -0.25) is 0 Å². The zero-order valence-corrected chi connectivity index (χ0v) is 15.3. The Bertz CT molecular complexity index is 190. The van der Waals surface area contributed by atoms with Gasteiger partial charge in [0.25, 0.3) is 0 Å². The van der Waals surface area contributed by atoms with E-state index in [4.69, 9.17) is 9.47 Å². The molecule has 128 valence electrons. The molecule has 2 heteroatoms. The van der Waals surface area contributed by atoms with Crippen LogP contribution in [-0.2, 0) is 9.47 Å². The minimum atomic E-state index is 0.00916. The zero-order valence-electron chi connectivity index (χ0n) is 15.3. The molecule has 0 fully saturated rings. The first-order valence-electron chi connectivity index (χ1n) is 9.29. The summed E-state index contributed by atoms with van der Waals surface area (Å²) in [5.74, 6) is 1.16. The molecule has 0 aromatic carbocycles. The third kappa shape index (κ3) is 16.1. The van der Waals surface area contributed by atoms with Crippen LogP contribution in [0.3, 0.4) is 0 Å². The zero-order chi connectivity index (χ0) is 15.9. The number of hydrogen-bond acceptors (Lipinski definition) is 2. The second-order valence-electron chi connectivity index (χ2n) is 7.15. The Morgan fingerprint density at radius 3 is 1.48 bits per heavy atom. The molecular formula is C19H40O2. The van der Waals surface area contributed by atoms with E-state index in [1.54, 1.807) is 0 Å². The van der Waals surface area contributed by atoms with Gasteiger partial charge in [-0.05, 0) is 24.7 Å². The molecule has 0 aromatic rings. The molecule has 0 saturated carbocycles. The minimum absolute atomic E-state index is 0.00916. The molecule has 0 aliphatic heterocycles. The van der Waals surface area contributed by atoms with Crippen molar-refractivity contribution < 1.29 is 9.47 Å². The molecule has 0 heterocycles. The summed E-state index contributed by atoms with van der Waals surface area (Å²) < 4.78 is 11.8. The van der Waals surface area contributed by atoms with Crippen molar-refractivity contribution in [3.05, 3.63) is 0 Å². The van der Waals surface area contributed by atoms with Crippen LogP contribution in [0.15, 0.2) is 0 Å². The summed E-state index contributed by atoms with van der Waals surface area (Å²) in [6.45, 7) is 12.6. The Morgan fingerprint density at radius 2 is 1.05 bits per heavy atom. The Kier molecular flexibility index (Phi) is 14.8. The quantitative estimate of drug-likeness (QED) is 0.265. The van der Waals surface area contributed by atoms with Gasteiger partial charge in [0.05, 0.1) is 13.2 Å². The molecule has 21 heavy (non-hydrogen) atoms. The van der Waals surface area contributed by atoms with Crippen molar-refractivity contribution in [3.8, 4) is 0 Å². The second kappa shape index (κ2) is 14.8. The molecule has 2 nitrogen and oxygen atoms in total. The largest absolute Gasteiger partial charge is 0.352 e. The smallest absolute Gasteiger partial charge is 0.157 e. The summed E-state index contributed by atoms with van der Waals surface area (Å²) in [6.07, 6.45) is 11.9. The van der Waals surface area contributed by atoms with Crippen molar-refractivity contribution in [1.82, 2.24) is 0 Å². The maximum atomic E-state index is 5.89. The third-order valence-electron chi connectivity index (χ3n) is 3.52. The second-order valence-corrected chi connectivity index (χ2v) is 7.15. The molecular weight excluding hydrogens is 260 g/mol. The standard InChI is InChI=1S/C19H40O2/c1-6-7-8-9-10-11-12-13-14-19(20-15-17(2)3)21-16-18(4)5/h17-19H,6-16H2,1-5H3. The van der Waals surface area contributed by atoms with Crippen LogP contribution in [0.5, 0.6) is 0 Å². The van der Waals surface area contributed by atoms with E-state index in [0.29, 0.717) is 11.8 Å². The highest BCUT2D eigenvalue weighted by molar-refractivity contribution is 4.53. The number of hydrogen-bond donors (Lipinski definition) is 0. The van der Waals surface area contributed by atoms with E-state index in [0.717, 1.165) is 19.6 Å². The molecule has 0 N–H and O–H groups in total. The molecule has 0 atom stereocenters. The van der Waals surface area contributed by atoms with E-state index in [1.807, 2.05) is 0 Å². The summed E-state index contributed by atoms with van der Waals surface area (Å²) in [4.78, 5) is 0. The summed E-state index contributed by atoms with van der Waals surface area (Å²) in [6, 6.07) is 0. The first-order chi connectivity index (χ1) is 10.1. The first kappa shape index (κ1) is 20.9. The summed E-state index contributed by atoms with van der Waals surface area (Å²) >= 11 is 0. The van der Waals surface area contributed by atoms with Gasteiger partial charge >= 0.3 is 0 Å². The fourth-order valence-electron chi connectivity index (χ4n) is 2.26. The van der Waals surface area contributed by atoms with Crippen molar-refractivity contribution in [2.75, 3.05) is 13.2 Å². The van der Waals surface area contributed by atoms with Gasteiger partial charge in [0.2, 0.25) is 0 Å². The van der Waals surface area contributed by atoms with Crippen LogP contribution in [0.2, 0.25) is 0 Å². The van der Waals surface area contributed by atoms with E-state index in [-0.39, 0.29) is 6.29 Å². The Morgan fingerprint density at radius 1 is 0.619 bits per heavy atom. The number of unbranched alkanes of at least 4 members (excludes halogenated alkanes) is 7. The number of ether oxygens (including phenoxy) is 2. The summed E-state index contributed by atoms with van der Waals surface area (Å²) in [5, 5.41) is 0. The van der Waals surface area contributed by atoms with Crippen LogP contribution < -0.4 is 0 Å². The van der Waals surface area contributed by atoms with Crippen molar-refractivity contribution in [3.63, 3.8) is 0 Å². The highest BCUT2D eigenvalue weighted by Crippen LogP contribution is 2.14. The predicted octanol–water partition coefficient (Wildman–Crippen LogP) is 6.19. The normalized spacial score (nSPS) is 12.0. The number of rotatable bonds is 15. The Hall–Kier alpha value is -0.0800. The first-order valence-corrected chi connectivity index (χ1v) is 9.29. The van der Waals surface area contributed by atoms with E-state index in [9.17, 15) is 0 Å². The maximum absolute atomic E-state index is 5.89. The van der Waals surface area contributed by atoms with Crippen molar-refractivity contribution in [2.45, 2.75) is 98.7 Å². The van der Waals surface area contributed by atoms with Crippen molar-refractivity contribution in [2.24, 2.45) is 11.8 Å². The lowest BCUT2D eigenvalue weighted by atomic mass is 10.1. The molecule has 0 unspecified atom stereocenters. The van der Waals surface area contributed by atoms with Crippen LogP contribution >= 0.6 is 0 Å². The molecule has 0 saturated heterocycles. The van der Waals surface area contributed by atoms with Gasteiger partial charge in [-0.2, -0.15) is 0 Å². The molecule has 0 radical (unpaired) electrons. The lowest BCUT2D eigenvalue weighted by Gasteiger charge is -2.21. The van der Waals surface area contributed by atoms with Gasteiger partial charge in [0.1, 0.15) is 0 Å². The van der Waals surface area contributed by atoms with Gasteiger partial charge in [0, 0.05) is 0 Å². The third-order valence-corrected chi connectivity index (χ3v) is 3.52. The van der Waals surface area contributed by atoms with Gasteiger partial charge in [-0.25, -0.2) is 0 Å². The fraction of sp³-hybridized carbons (Fsp3) is 1.00. The maximum Gasteiger partial charge on any atom is 0.157 e. The van der Waals surface area contributed by atoms with Crippen LogP contribution in [-0.4, -0.2) is 19.5 Å². The van der Waals surface area contributed by atoms with E-state index in [2.05, 4.69) is 34.6 Å². The molecule has 0 aromatic heterocycles. The average molecular weight is 301 g/mol. The van der Waals surface area contributed by atoms with Gasteiger partial charge < -0.3 is 9.47 Å². The Labute approximate surface area is 134 Å². The van der Waals surface area contributed by atoms with Crippen molar-refractivity contribution >= 4 is 0 Å². The highest BCUT2D eigenvalue weighted by atomic mass is 16.7. The highest BCUT2D eigenvalue weighted by Gasteiger charge is 2.11. The molecule has 0 spiro atoms. The van der Waals surface area contributed by atoms with Crippen LogP contribution in [0.25, 0.3) is 0 Å². The van der Waals surface area contributed by atoms with Gasteiger partial charge in [0.15, 0.2) is 6.29 Å². The van der Waals surface area contributed by atoms with Gasteiger partial charge in [-0.1, -0.05) is 79.6 Å². The SMILES string of the molecule is CCCCCCCCCCC(OCC(C)C)OCC(C)C. The molecule has 0 aliphatic carbocycles. The summed E-state index contributed by atoms with van der Waals surface area (Å²) in [5.41, 5.74) is 0. The lowest BCUT2D eigenvalue weighted by molar-refractivity contribution is -0.157. The monoisotopic (exact) mass is 300 g/mol. The average Bonchev–Trinajstić information content (AvgIpc) is 2.43. The molecule has 0 bridgehead atoms. The predicted molar refractivity (Wildman–Crippen MR) is 92.6 cm³/mol. The van der Waals surface area contributed by atoms with Crippen molar-refractivity contribution in [1.29, 1.82) is 0 Å². The van der Waals surface area contributed by atoms with Crippen LogP contribution in [0.4, 0.5) is 0 Å². The van der Waals surface area contributed by atoms with Crippen LogP contribution in [0, 0.1) is 11.8 Å². The molecule has 0 amide bonds. The van der Waals surface area contributed by atoms with E-state index < -0.39 is 0 Å². The molecule has 0 aliphatic rings. The molecule has 0 rings (SSSR count). The van der Waals surface area contributed by atoms with Gasteiger partial charge in [-0.15, -0.1) is 0 Å². The summed E-state index contributed by atoms with van der Waals surface area (Å²) in [7, 11) is 0. The fourth-order valence-corrected chi connectivity index (χ4v) is 2.26. The topological polar surface area (TPSA) is 18.5 Å². The lowest BCUT2D eigenvalue weighted by Crippen LogP contribution is -2.22. The van der Waals surface area contributed by atoms with E-state index in [1.165, 1.54) is 51.4 Å². The minimum Gasteiger partial charge on any atom is -0.352 e. The van der Waals surface area contributed by atoms with E-state index >= 15 is 0 Å².